The highest BCUT2D eigenvalue weighted by Gasteiger charge is 2.34. The third-order valence-corrected chi connectivity index (χ3v) is 5.79. The fourth-order valence-corrected chi connectivity index (χ4v) is 4.07. The average molecular weight is 456 g/mol. The van der Waals surface area contributed by atoms with Gasteiger partial charge in [-0.25, -0.2) is 0 Å². The number of rotatable bonds is 4. The van der Waals surface area contributed by atoms with Crippen LogP contribution in [0.3, 0.4) is 0 Å². The second kappa shape index (κ2) is 9.79. The molecule has 6 nitrogen and oxygen atoms in total. The van der Waals surface area contributed by atoms with Gasteiger partial charge in [0.1, 0.15) is 5.60 Å². The maximum atomic E-state index is 13.3. The van der Waals surface area contributed by atoms with Crippen molar-refractivity contribution in [3.8, 4) is 0 Å². The summed E-state index contributed by atoms with van der Waals surface area (Å²) in [7, 11) is 0. The van der Waals surface area contributed by atoms with Gasteiger partial charge in [0.05, 0.1) is 11.5 Å². The van der Waals surface area contributed by atoms with Gasteiger partial charge in [-0.1, -0.05) is 6.07 Å². The number of benzene rings is 1. The Hall–Kier alpha value is -2.13. The van der Waals surface area contributed by atoms with Crippen molar-refractivity contribution in [3.05, 3.63) is 34.9 Å². The van der Waals surface area contributed by atoms with Crippen molar-refractivity contribution < 1.29 is 27.5 Å². The van der Waals surface area contributed by atoms with Gasteiger partial charge in [0.15, 0.2) is 0 Å². The number of hydrogen-bond donors (Lipinski definition) is 1. The lowest BCUT2D eigenvalue weighted by molar-refractivity contribution is -0.161. The molecule has 9 heteroatoms. The first-order valence-corrected chi connectivity index (χ1v) is 11.1. The minimum Gasteiger partial charge on any atom is -0.460 e. The van der Waals surface area contributed by atoms with Crippen LogP contribution in [0.25, 0.3) is 0 Å². The molecule has 0 saturated carbocycles. The van der Waals surface area contributed by atoms with E-state index in [1.165, 1.54) is 6.07 Å². The summed E-state index contributed by atoms with van der Waals surface area (Å²) in [5, 5.41) is 3.24. The molecule has 2 heterocycles. The number of ether oxygens (including phenoxy) is 1. The topological polar surface area (TPSA) is 61.9 Å². The molecule has 1 aromatic rings. The van der Waals surface area contributed by atoms with Crippen molar-refractivity contribution in [1.82, 2.24) is 15.1 Å². The second-order valence-electron chi connectivity index (χ2n) is 9.50. The zero-order chi connectivity index (χ0) is 23.5. The zero-order valence-electron chi connectivity index (χ0n) is 18.9. The SMILES string of the molecule is CC(C)(C)OC(=O)C1CCN(C(=O)c2cc(C(F)(F)F)ccc2CN2CCNCC2)CC1. The van der Waals surface area contributed by atoms with E-state index in [0.29, 0.717) is 38.0 Å². The van der Waals surface area contributed by atoms with Gasteiger partial charge in [-0.15, -0.1) is 0 Å². The van der Waals surface area contributed by atoms with Crippen molar-refractivity contribution in [1.29, 1.82) is 0 Å². The van der Waals surface area contributed by atoms with Gasteiger partial charge in [-0.2, -0.15) is 13.2 Å². The minimum atomic E-state index is -4.52. The summed E-state index contributed by atoms with van der Waals surface area (Å²) >= 11 is 0. The molecule has 0 radical (unpaired) electrons. The van der Waals surface area contributed by atoms with Crippen LogP contribution in [0.5, 0.6) is 0 Å². The van der Waals surface area contributed by atoms with Crippen LogP contribution in [-0.2, 0) is 22.3 Å². The Morgan fingerprint density at radius 2 is 1.69 bits per heavy atom. The molecule has 1 amide bonds. The molecule has 32 heavy (non-hydrogen) atoms. The molecule has 2 saturated heterocycles. The molecule has 3 rings (SSSR count). The van der Waals surface area contributed by atoms with Gasteiger partial charge in [0, 0.05) is 51.4 Å². The lowest BCUT2D eigenvalue weighted by atomic mass is 9.95. The summed E-state index contributed by atoms with van der Waals surface area (Å²) in [5.74, 6) is -1.01. The zero-order valence-corrected chi connectivity index (χ0v) is 18.9. The number of likely N-dealkylation sites (tertiary alicyclic amines) is 1. The summed E-state index contributed by atoms with van der Waals surface area (Å²) in [6.45, 7) is 9.62. The lowest BCUT2D eigenvalue weighted by Gasteiger charge is -2.33. The largest absolute Gasteiger partial charge is 0.460 e. The summed E-state index contributed by atoms with van der Waals surface area (Å²) < 4.78 is 45.5. The molecule has 0 bridgehead atoms. The standard InChI is InChI=1S/C23H32F3N3O3/c1-22(2,3)32-21(31)16-6-10-29(11-7-16)20(30)19-14-18(23(24,25)26)5-4-17(19)15-28-12-8-27-9-13-28/h4-5,14,16,27H,6-13,15H2,1-3H3. The first kappa shape index (κ1) is 24.5. The van der Waals surface area contributed by atoms with E-state index in [1.807, 2.05) is 0 Å². The first-order chi connectivity index (χ1) is 14.9. The normalized spacial score (nSPS) is 19.1. The number of piperidine rings is 1. The molecule has 0 aromatic heterocycles. The minimum absolute atomic E-state index is 0.0917. The van der Waals surface area contributed by atoms with Crippen LogP contribution in [0.2, 0.25) is 0 Å². The highest BCUT2D eigenvalue weighted by Crippen LogP contribution is 2.32. The Balaban J connectivity index is 1.74. The number of hydrogen-bond acceptors (Lipinski definition) is 5. The number of piperazine rings is 1. The number of nitrogens with one attached hydrogen (secondary N) is 1. The molecular weight excluding hydrogens is 423 g/mol. The van der Waals surface area contributed by atoms with Crippen LogP contribution < -0.4 is 5.32 Å². The third kappa shape index (κ3) is 6.45. The van der Waals surface area contributed by atoms with E-state index in [2.05, 4.69) is 10.2 Å². The van der Waals surface area contributed by atoms with Gasteiger partial charge in [0.25, 0.3) is 5.91 Å². The Labute approximate surface area is 187 Å². The molecule has 0 atom stereocenters. The van der Waals surface area contributed by atoms with E-state index in [1.54, 1.807) is 25.7 Å². The molecule has 178 valence electrons. The second-order valence-corrected chi connectivity index (χ2v) is 9.50. The molecule has 0 aliphatic carbocycles. The van der Waals surface area contributed by atoms with Crippen LogP contribution in [0.1, 0.15) is 55.1 Å². The third-order valence-electron chi connectivity index (χ3n) is 5.79. The summed E-state index contributed by atoms with van der Waals surface area (Å²) in [6, 6.07) is 3.44. The van der Waals surface area contributed by atoms with Gasteiger partial charge in [-0.3, -0.25) is 14.5 Å². The van der Waals surface area contributed by atoms with E-state index in [0.717, 1.165) is 38.3 Å². The van der Waals surface area contributed by atoms with E-state index in [9.17, 15) is 22.8 Å². The smallest absolute Gasteiger partial charge is 0.416 e. The summed E-state index contributed by atoms with van der Waals surface area (Å²) in [6.07, 6.45) is -3.65. The highest BCUT2D eigenvalue weighted by atomic mass is 19.4. The van der Waals surface area contributed by atoms with Crippen LogP contribution in [0.4, 0.5) is 13.2 Å². The number of alkyl halides is 3. The summed E-state index contributed by atoms with van der Waals surface area (Å²) in [4.78, 5) is 29.3. The molecule has 2 aliphatic heterocycles. The average Bonchev–Trinajstić information content (AvgIpc) is 2.72. The Morgan fingerprint density at radius 3 is 2.25 bits per heavy atom. The number of nitrogens with zero attached hydrogens (tertiary/aromatic N) is 2. The number of carbonyl (C=O) groups is 2. The van der Waals surface area contributed by atoms with E-state index >= 15 is 0 Å². The number of carbonyl (C=O) groups excluding carboxylic acids is 2. The quantitative estimate of drug-likeness (QED) is 0.706. The van der Waals surface area contributed by atoms with E-state index in [4.69, 9.17) is 4.74 Å². The maximum Gasteiger partial charge on any atom is 0.416 e. The Bertz CT molecular complexity index is 822. The van der Waals surface area contributed by atoms with Gasteiger partial charge < -0.3 is 15.0 Å². The van der Waals surface area contributed by atoms with Crippen LogP contribution >= 0.6 is 0 Å². The first-order valence-electron chi connectivity index (χ1n) is 11.1. The van der Waals surface area contributed by atoms with Crippen molar-refractivity contribution in [3.63, 3.8) is 0 Å². The van der Waals surface area contributed by atoms with Crippen molar-refractivity contribution >= 4 is 11.9 Å². The molecular formula is C23H32F3N3O3. The number of amides is 1. The van der Waals surface area contributed by atoms with Crippen molar-refractivity contribution in [2.75, 3.05) is 39.3 Å². The predicted octanol–water partition coefficient (Wildman–Crippen LogP) is 3.30. The Morgan fingerprint density at radius 1 is 1.06 bits per heavy atom. The maximum absolute atomic E-state index is 13.3. The van der Waals surface area contributed by atoms with Gasteiger partial charge in [0.2, 0.25) is 0 Å². The fourth-order valence-electron chi connectivity index (χ4n) is 4.07. The molecule has 0 unspecified atom stereocenters. The number of halogens is 3. The van der Waals surface area contributed by atoms with Crippen molar-refractivity contribution in [2.45, 2.75) is 51.9 Å². The Kier molecular flexibility index (Phi) is 7.50. The molecule has 2 fully saturated rings. The van der Waals surface area contributed by atoms with E-state index < -0.39 is 23.2 Å². The van der Waals surface area contributed by atoms with Crippen LogP contribution in [-0.4, -0.2) is 66.5 Å². The fraction of sp³-hybridized carbons (Fsp3) is 0.652. The molecule has 0 spiro atoms. The predicted molar refractivity (Wildman–Crippen MR) is 114 cm³/mol. The van der Waals surface area contributed by atoms with E-state index in [-0.39, 0.29) is 17.5 Å². The molecule has 1 aromatic carbocycles. The monoisotopic (exact) mass is 455 g/mol. The summed E-state index contributed by atoms with van der Waals surface area (Å²) in [5.41, 5.74) is -0.720. The number of esters is 1. The van der Waals surface area contributed by atoms with Gasteiger partial charge >= 0.3 is 12.1 Å². The van der Waals surface area contributed by atoms with Crippen LogP contribution in [0, 0.1) is 5.92 Å². The lowest BCUT2D eigenvalue weighted by Crippen LogP contribution is -2.44. The van der Waals surface area contributed by atoms with Crippen molar-refractivity contribution in [2.24, 2.45) is 5.92 Å². The highest BCUT2D eigenvalue weighted by molar-refractivity contribution is 5.96. The molecule has 2 aliphatic rings. The molecule has 1 N–H and O–H groups in total. The van der Waals surface area contributed by atoms with Crippen LogP contribution in [0.15, 0.2) is 18.2 Å². The van der Waals surface area contributed by atoms with Gasteiger partial charge in [-0.05, 0) is 51.3 Å².